The molecule has 0 fully saturated rings. The summed E-state index contributed by atoms with van der Waals surface area (Å²) in [4.78, 5) is 17.6. The van der Waals surface area contributed by atoms with E-state index in [1.807, 2.05) is 0 Å². The maximum absolute atomic E-state index is 13.1. The topological polar surface area (TPSA) is 52.3 Å². The van der Waals surface area contributed by atoms with Gasteiger partial charge in [-0.15, -0.1) is 0 Å². The van der Waals surface area contributed by atoms with Crippen LogP contribution in [0.2, 0.25) is 10.0 Å². The van der Waals surface area contributed by atoms with E-state index in [1.54, 1.807) is 36.4 Å². The van der Waals surface area contributed by atoms with E-state index in [9.17, 15) is 4.79 Å². The summed E-state index contributed by atoms with van der Waals surface area (Å²) in [5, 5.41) is 4.90. The smallest absolute Gasteiger partial charge is 0.338 e. The predicted octanol–water partition coefficient (Wildman–Crippen LogP) is 8.34. The Balaban J connectivity index is 1.21. The third kappa shape index (κ3) is 5.84. The summed E-state index contributed by atoms with van der Waals surface area (Å²) in [5.41, 5.74) is 2.18. The van der Waals surface area contributed by atoms with Crippen LogP contribution in [0, 0.1) is 0 Å². The molecule has 1 heterocycles. The van der Waals surface area contributed by atoms with Crippen molar-refractivity contribution in [3.63, 3.8) is 0 Å². The molecule has 0 radical (unpaired) electrons. The van der Waals surface area contributed by atoms with Crippen LogP contribution >= 0.6 is 30.5 Å². The average molecular weight is 611 g/mol. The van der Waals surface area contributed by atoms with Gasteiger partial charge in [-0.2, -0.15) is 0 Å². The molecule has 0 saturated carbocycles. The van der Waals surface area contributed by atoms with E-state index >= 15 is 0 Å². The Morgan fingerprint density at radius 3 is 1.81 bits per heavy atom. The molecule has 0 bridgehead atoms. The number of carbonyl (C=O) groups is 1. The third-order valence-corrected chi connectivity index (χ3v) is 12.2. The van der Waals surface area contributed by atoms with Crippen molar-refractivity contribution in [2.75, 3.05) is 12.8 Å². The lowest BCUT2D eigenvalue weighted by Crippen LogP contribution is -2.33. The van der Waals surface area contributed by atoms with Gasteiger partial charge in [0.1, 0.15) is 28.7 Å². The minimum atomic E-state index is -1.98. The van der Waals surface area contributed by atoms with Crippen molar-refractivity contribution < 1.29 is 13.9 Å². The minimum Gasteiger partial charge on any atom is -0.462 e. The number of hydrogen-bond acceptors (Lipinski definition) is 4. The highest BCUT2D eigenvalue weighted by Crippen LogP contribution is 2.55. The van der Waals surface area contributed by atoms with E-state index in [2.05, 4.69) is 96.0 Å². The van der Waals surface area contributed by atoms with E-state index in [0.29, 0.717) is 51.2 Å². The summed E-state index contributed by atoms with van der Waals surface area (Å²) in [5.74, 6) is -0.0216. The number of halogens is 2. The van der Waals surface area contributed by atoms with Gasteiger partial charge < -0.3 is 9.15 Å². The first-order valence-corrected chi connectivity index (χ1v) is 16.3. The molecule has 0 N–H and O–H groups in total. The minimum absolute atomic E-state index is 0.299. The number of oxazole rings is 1. The largest absolute Gasteiger partial charge is 0.462 e. The van der Waals surface area contributed by atoms with Crippen molar-refractivity contribution in [3.8, 4) is 11.5 Å². The highest BCUT2D eigenvalue weighted by Gasteiger charge is 2.44. The Bertz CT molecular complexity index is 1710. The highest BCUT2D eigenvalue weighted by molar-refractivity contribution is 7.95. The lowest BCUT2D eigenvalue weighted by atomic mass is 10.2. The molecule has 6 aromatic rings. The summed E-state index contributed by atoms with van der Waals surface area (Å²) >= 11 is 12.3. The van der Waals surface area contributed by atoms with Crippen LogP contribution in [-0.4, -0.2) is 23.7 Å². The summed E-state index contributed by atoms with van der Waals surface area (Å²) in [6.45, 7) is 0.299. The first-order chi connectivity index (χ1) is 20.5. The Labute approximate surface area is 255 Å². The second-order valence-corrected chi connectivity index (χ2v) is 14.4. The standard InChI is InChI=1S/C35H27Cl2NO3P/c36-27-21-26(22-28(37)24-27)34-38-32-18-17-25(23-33(32)41-34)35(39)40-19-10-20-42(29-11-4-1-5-12-29,30-13-6-2-7-14-30)31-15-8-3-9-16-31/h1-9,11-18,21-24H,10,19-20H2/q+1. The van der Waals surface area contributed by atoms with Crippen LogP contribution < -0.4 is 15.9 Å². The lowest BCUT2D eigenvalue weighted by Gasteiger charge is -2.27. The van der Waals surface area contributed by atoms with Crippen molar-refractivity contribution >= 4 is 63.4 Å². The number of fused-ring (bicyclic) bond motifs is 1. The molecule has 0 unspecified atom stereocenters. The van der Waals surface area contributed by atoms with Crippen molar-refractivity contribution in [2.45, 2.75) is 6.42 Å². The number of rotatable bonds is 9. The maximum atomic E-state index is 13.1. The highest BCUT2D eigenvalue weighted by atomic mass is 35.5. The molecule has 0 aliphatic heterocycles. The van der Waals surface area contributed by atoms with Crippen LogP contribution in [0.5, 0.6) is 0 Å². The van der Waals surface area contributed by atoms with E-state index in [1.165, 1.54) is 15.9 Å². The van der Waals surface area contributed by atoms with Gasteiger partial charge in [0.15, 0.2) is 5.58 Å². The second kappa shape index (κ2) is 12.5. The van der Waals surface area contributed by atoms with Gasteiger partial charge in [0.2, 0.25) is 5.89 Å². The van der Waals surface area contributed by atoms with E-state index in [-0.39, 0.29) is 0 Å². The quantitative estimate of drug-likeness (QED) is 0.0937. The van der Waals surface area contributed by atoms with E-state index in [4.69, 9.17) is 32.4 Å². The molecule has 0 amide bonds. The number of esters is 1. The molecule has 5 aromatic carbocycles. The number of ether oxygens (including phenoxy) is 1. The molecule has 208 valence electrons. The van der Waals surface area contributed by atoms with Crippen molar-refractivity contribution in [2.24, 2.45) is 0 Å². The zero-order valence-corrected chi connectivity index (χ0v) is 25.0. The molecule has 0 atom stereocenters. The molecule has 0 spiro atoms. The molecule has 4 nitrogen and oxygen atoms in total. The van der Waals surface area contributed by atoms with Crippen molar-refractivity contribution in [3.05, 3.63) is 143 Å². The normalized spacial score (nSPS) is 11.5. The lowest BCUT2D eigenvalue weighted by molar-refractivity contribution is 0.0506. The van der Waals surface area contributed by atoms with Crippen LogP contribution in [0.25, 0.3) is 22.6 Å². The summed E-state index contributed by atoms with van der Waals surface area (Å²) < 4.78 is 11.7. The van der Waals surface area contributed by atoms with E-state index in [0.717, 1.165) is 6.16 Å². The molecule has 6 rings (SSSR count). The number of hydrogen-bond donors (Lipinski definition) is 0. The first-order valence-electron chi connectivity index (χ1n) is 13.6. The van der Waals surface area contributed by atoms with Crippen molar-refractivity contribution in [1.82, 2.24) is 4.98 Å². The van der Waals surface area contributed by atoms with Crippen LogP contribution in [0.1, 0.15) is 16.8 Å². The molecule has 0 aliphatic carbocycles. The van der Waals surface area contributed by atoms with Gasteiger partial charge in [-0.05, 0) is 72.8 Å². The monoisotopic (exact) mass is 610 g/mol. The van der Waals surface area contributed by atoms with Gasteiger partial charge >= 0.3 is 5.97 Å². The number of benzene rings is 5. The molecule has 42 heavy (non-hydrogen) atoms. The zero-order chi connectivity index (χ0) is 28.9. The molecular weight excluding hydrogens is 584 g/mol. The molecule has 1 aromatic heterocycles. The molecule has 0 saturated heterocycles. The van der Waals surface area contributed by atoms with Crippen molar-refractivity contribution in [1.29, 1.82) is 0 Å². The Morgan fingerprint density at radius 2 is 1.26 bits per heavy atom. The summed E-state index contributed by atoms with van der Waals surface area (Å²) in [6.07, 6.45) is 1.58. The van der Waals surface area contributed by atoms with E-state index < -0.39 is 13.2 Å². The Kier molecular flexibility index (Phi) is 8.39. The van der Waals surface area contributed by atoms with Crippen LogP contribution in [0.3, 0.4) is 0 Å². The second-order valence-electron chi connectivity index (χ2n) is 9.89. The molecular formula is C35H27Cl2NO3P+. The molecule has 0 aliphatic rings. The van der Waals surface area contributed by atoms with Gasteiger partial charge in [0.25, 0.3) is 0 Å². The van der Waals surface area contributed by atoms with Gasteiger partial charge in [-0.1, -0.05) is 77.8 Å². The maximum Gasteiger partial charge on any atom is 0.338 e. The fourth-order valence-electron chi connectivity index (χ4n) is 5.28. The Hall–Kier alpha value is -3.95. The summed E-state index contributed by atoms with van der Waals surface area (Å²) in [7, 11) is -1.98. The number of nitrogens with zero attached hydrogens (tertiary/aromatic N) is 1. The number of carbonyl (C=O) groups excluding carboxylic acids is 1. The number of aromatic nitrogens is 1. The van der Waals surface area contributed by atoms with Gasteiger partial charge in [0, 0.05) is 22.0 Å². The fraction of sp³-hybridized carbons (Fsp3) is 0.0857. The summed E-state index contributed by atoms with van der Waals surface area (Å²) in [6, 6.07) is 42.3. The zero-order valence-electron chi connectivity index (χ0n) is 22.6. The third-order valence-electron chi connectivity index (χ3n) is 7.20. The SMILES string of the molecule is O=C(OCCC[P+](c1ccccc1)(c1ccccc1)c1ccccc1)c1ccc2nc(-c3cc(Cl)cc(Cl)c3)oc2c1. The first kappa shape index (κ1) is 28.2. The van der Waals surface area contributed by atoms with Gasteiger partial charge in [-0.3, -0.25) is 0 Å². The van der Waals surface area contributed by atoms with Crippen LogP contribution in [-0.2, 0) is 4.74 Å². The van der Waals surface area contributed by atoms with Crippen LogP contribution in [0.4, 0.5) is 0 Å². The average Bonchev–Trinajstić information content (AvgIpc) is 3.46. The predicted molar refractivity (Wildman–Crippen MR) is 174 cm³/mol. The van der Waals surface area contributed by atoms with Gasteiger partial charge in [0.05, 0.1) is 18.3 Å². The molecule has 7 heteroatoms. The fourth-order valence-corrected chi connectivity index (χ4v) is 10.1. The van der Waals surface area contributed by atoms with Gasteiger partial charge in [-0.25, -0.2) is 9.78 Å². The Morgan fingerprint density at radius 1 is 0.714 bits per heavy atom. The van der Waals surface area contributed by atoms with Crippen LogP contribution in [0.15, 0.2) is 132 Å².